The second-order valence-electron chi connectivity index (χ2n) is 6.15. The Kier molecular flexibility index (Phi) is 8.54. The lowest BCUT2D eigenvalue weighted by Crippen LogP contribution is -2.41. The van der Waals surface area contributed by atoms with Crippen LogP contribution in [0.5, 0.6) is 0 Å². The van der Waals surface area contributed by atoms with Crippen molar-refractivity contribution in [2.45, 2.75) is 45.6 Å². The van der Waals surface area contributed by atoms with E-state index < -0.39 is 12.0 Å². The van der Waals surface area contributed by atoms with Crippen molar-refractivity contribution in [2.75, 3.05) is 6.54 Å². The van der Waals surface area contributed by atoms with Gasteiger partial charge in [-0.25, -0.2) is 0 Å². The van der Waals surface area contributed by atoms with Gasteiger partial charge in [-0.05, 0) is 24.3 Å². The normalized spacial score (nSPS) is 11.8. The first-order valence-electron chi connectivity index (χ1n) is 8.24. The summed E-state index contributed by atoms with van der Waals surface area (Å²) in [6.45, 7) is 4.27. The zero-order valence-corrected chi connectivity index (χ0v) is 14.2. The maximum atomic E-state index is 12.4. The summed E-state index contributed by atoms with van der Waals surface area (Å²) in [4.78, 5) is 34.9. The van der Waals surface area contributed by atoms with Gasteiger partial charge in [0.05, 0.1) is 0 Å². The number of carboxylic acids is 1. The van der Waals surface area contributed by atoms with Crippen molar-refractivity contribution in [3.05, 3.63) is 35.9 Å². The second kappa shape index (κ2) is 10.4. The first-order valence-corrected chi connectivity index (χ1v) is 8.24. The average molecular weight is 334 g/mol. The highest BCUT2D eigenvalue weighted by Crippen LogP contribution is 2.14. The lowest BCUT2D eigenvalue weighted by Gasteiger charge is -2.19. The van der Waals surface area contributed by atoms with Crippen LogP contribution in [0.15, 0.2) is 30.3 Å². The van der Waals surface area contributed by atoms with Crippen molar-refractivity contribution in [1.82, 2.24) is 10.6 Å². The van der Waals surface area contributed by atoms with E-state index in [1.807, 2.05) is 32.0 Å². The zero-order valence-electron chi connectivity index (χ0n) is 14.2. The molecule has 0 saturated carbocycles. The van der Waals surface area contributed by atoms with Gasteiger partial charge in [-0.1, -0.05) is 44.2 Å². The van der Waals surface area contributed by atoms with Gasteiger partial charge in [-0.15, -0.1) is 0 Å². The van der Waals surface area contributed by atoms with Gasteiger partial charge in [-0.2, -0.15) is 0 Å². The fraction of sp³-hybridized carbons (Fsp3) is 0.500. The number of aliphatic carboxylic acids is 1. The Morgan fingerprint density at radius 1 is 1.08 bits per heavy atom. The summed E-state index contributed by atoms with van der Waals surface area (Å²) in [7, 11) is 0. The quantitative estimate of drug-likeness (QED) is 0.572. The number of carboxylic acid groups (broad SMARTS) is 1. The predicted octanol–water partition coefficient (Wildman–Crippen LogP) is 2.26. The highest BCUT2D eigenvalue weighted by molar-refractivity contribution is 5.88. The zero-order chi connectivity index (χ0) is 17.9. The molecule has 1 aromatic carbocycles. The molecule has 0 heterocycles. The summed E-state index contributed by atoms with van der Waals surface area (Å²) in [5.41, 5.74) is 0.720. The number of unbranched alkanes of at least 4 members (excludes halogenated alkanes) is 1. The molecule has 3 N–H and O–H groups in total. The molecule has 1 unspecified atom stereocenters. The van der Waals surface area contributed by atoms with Gasteiger partial charge in [0.25, 0.3) is 0 Å². The van der Waals surface area contributed by atoms with Crippen LogP contribution in [0.3, 0.4) is 0 Å². The predicted molar refractivity (Wildman–Crippen MR) is 91.3 cm³/mol. The third kappa shape index (κ3) is 7.76. The lowest BCUT2D eigenvalue weighted by atomic mass is 10.0. The monoisotopic (exact) mass is 334 g/mol. The molecule has 1 rings (SSSR count). The number of rotatable bonds is 10. The second-order valence-corrected chi connectivity index (χ2v) is 6.15. The highest BCUT2D eigenvalue weighted by atomic mass is 16.4. The molecular weight excluding hydrogens is 308 g/mol. The molecule has 0 aromatic heterocycles. The van der Waals surface area contributed by atoms with Crippen molar-refractivity contribution in [3.8, 4) is 0 Å². The minimum atomic E-state index is -0.843. The molecule has 1 aromatic rings. The van der Waals surface area contributed by atoms with E-state index >= 15 is 0 Å². The third-order valence-electron chi connectivity index (χ3n) is 3.41. The Morgan fingerprint density at radius 2 is 1.75 bits per heavy atom. The van der Waals surface area contributed by atoms with Crippen LogP contribution in [-0.4, -0.2) is 29.4 Å². The van der Waals surface area contributed by atoms with E-state index in [0.717, 1.165) is 5.56 Å². The summed E-state index contributed by atoms with van der Waals surface area (Å²) >= 11 is 0. The number of nitrogens with one attached hydrogen (secondary N) is 2. The van der Waals surface area contributed by atoms with Gasteiger partial charge in [0, 0.05) is 19.4 Å². The van der Waals surface area contributed by atoms with Crippen molar-refractivity contribution in [1.29, 1.82) is 0 Å². The van der Waals surface area contributed by atoms with Crippen molar-refractivity contribution >= 4 is 17.8 Å². The van der Waals surface area contributed by atoms with Crippen molar-refractivity contribution in [3.63, 3.8) is 0 Å². The summed E-state index contributed by atoms with van der Waals surface area (Å²) in [5, 5.41) is 14.1. The average Bonchev–Trinajstić information content (AvgIpc) is 2.52. The number of hydrogen-bond donors (Lipinski definition) is 3. The van der Waals surface area contributed by atoms with E-state index in [0.29, 0.717) is 25.8 Å². The maximum absolute atomic E-state index is 12.4. The van der Waals surface area contributed by atoms with Gasteiger partial charge in [-0.3, -0.25) is 14.4 Å². The van der Waals surface area contributed by atoms with E-state index in [4.69, 9.17) is 5.11 Å². The molecule has 0 saturated heterocycles. The molecule has 0 bridgehead atoms. The highest BCUT2D eigenvalue weighted by Gasteiger charge is 2.22. The fourth-order valence-electron chi connectivity index (χ4n) is 2.25. The molecule has 0 aliphatic heterocycles. The first-order chi connectivity index (χ1) is 11.4. The van der Waals surface area contributed by atoms with Crippen molar-refractivity contribution < 1.29 is 19.5 Å². The van der Waals surface area contributed by atoms with E-state index in [1.165, 1.54) is 0 Å². The standard InChI is InChI=1S/C18H26N2O4/c1-13(2)12-15(21)20-17(14-8-4-3-5-9-14)18(24)19-11-7-6-10-16(22)23/h3-5,8-9,13,17H,6-7,10-12H2,1-2H3,(H,19,24)(H,20,21)(H,22,23). The molecular formula is C18H26N2O4. The molecule has 0 aliphatic rings. The number of amides is 2. The minimum absolute atomic E-state index is 0.0864. The Labute approximate surface area is 142 Å². The molecule has 2 amide bonds. The molecule has 0 fully saturated rings. The van der Waals surface area contributed by atoms with Crippen LogP contribution in [0.1, 0.15) is 51.1 Å². The van der Waals surface area contributed by atoms with E-state index in [1.54, 1.807) is 12.1 Å². The van der Waals surface area contributed by atoms with Gasteiger partial charge >= 0.3 is 5.97 Å². The topological polar surface area (TPSA) is 95.5 Å². The van der Waals surface area contributed by atoms with Crippen LogP contribution in [0.25, 0.3) is 0 Å². The Balaban J connectivity index is 2.62. The summed E-state index contributed by atoms with van der Waals surface area (Å²) in [6.07, 6.45) is 1.53. The Bertz CT molecular complexity index is 543. The molecule has 0 radical (unpaired) electrons. The SMILES string of the molecule is CC(C)CC(=O)NC(C(=O)NCCCCC(=O)O)c1ccccc1. The number of carbonyl (C=O) groups is 3. The molecule has 1 atom stereocenters. The number of benzene rings is 1. The molecule has 6 heteroatoms. The van der Waals surface area contributed by atoms with Crippen LogP contribution in [-0.2, 0) is 14.4 Å². The van der Waals surface area contributed by atoms with E-state index in [9.17, 15) is 14.4 Å². The minimum Gasteiger partial charge on any atom is -0.481 e. The molecule has 132 valence electrons. The smallest absolute Gasteiger partial charge is 0.303 e. The summed E-state index contributed by atoms with van der Waals surface area (Å²) in [5.74, 6) is -1.08. The number of carbonyl (C=O) groups excluding carboxylic acids is 2. The van der Waals surface area contributed by atoms with Gasteiger partial charge in [0.15, 0.2) is 0 Å². The molecule has 0 aliphatic carbocycles. The fourth-order valence-corrected chi connectivity index (χ4v) is 2.25. The van der Waals surface area contributed by atoms with Crippen LogP contribution < -0.4 is 10.6 Å². The van der Waals surface area contributed by atoms with E-state index in [2.05, 4.69) is 10.6 Å². The molecule has 0 spiro atoms. The van der Waals surface area contributed by atoms with Gasteiger partial charge < -0.3 is 15.7 Å². The van der Waals surface area contributed by atoms with Crippen LogP contribution in [0, 0.1) is 5.92 Å². The van der Waals surface area contributed by atoms with Crippen molar-refractivity contribution in [2.24, 2.45) is 5.92 Å². The summed E-state index contributed by atoms with van der Waals surface area (Å²) in [6, 6.07) is 8.33. The van der Waals surface area contributed by atoms with Gasteiger partial charge in [0.1, 0.15) is 6.04 Å². The van der Waals surface area contributed by atoms with Crippen LogP contribution >= 0.6 is 0 Å². The third-order valence-corrected chi connectivity index (χ3v) is 3.41. The summed E-state index contributed by atoms with van der Waals surface area (Å²) < 4.78 is 0. The maximum Gasteiger partial charge on any atom is 0.303 e. The Morgan fingerprint density at radius 3 is 2.33 bits per heavy atom. The molecule has 6 nitrogen and oxygen atoms in total. The Hall–Kier alpha value is -2.37. The first kappa shape index (κ1) is 19.7. The van der Waals surface area contributed by atoms with Gasteiger partial charge in [0.2, 0.25) is 11.8 Å². The van der Waals surface area contributed by atoms with Crippen LogP contribution in [0.4, 0.5) is 0 Å². The van der Waals surface area contributed by atoms with Crippen LogP contribution in [0.2, 0.25) is 0 Å². The lowest BCUT2D eigenvalue weighted by molar-refractivity contribution is -0.137. The largest absolute Gasteiger partial charge is 0.481 e. The van der Waals surface area contributed by atoms with E-state index in [-0.39, 0.29) is 24.2 Å². The molecule has 24 heavy (non-hydrogen) atoms. The number of hydrogen-bond acceptors (Lipinski definition) is 3.